The van der Waals surface area contributed by atoms with Crippen molar-refractivity contribution in [3.63, 3.8) is 0 Å². The number of morpholine rings is 1. The number of aryl methyl sites for hydroxylation is 1. The SMILES string of the molecule is COc1ccc(-n2nnc(CC[C@H](O)CN3c4ccccc4Sc4ccc(N5CCOCC5)cc43)n2)cc1. The first-order valence-electron chi connectivity index (χ1n) is 12.8. The summed E-state index contributed by atoms with van der Waals surface area (Å²) in [5.41, 5.74) is 4.23. The third-order valence-electron chi connectivity index (χ3n) is 6.84. The van der Waals surface area contributed by atoms with Gasteiger partial charge in [-0.1, -0.05) is 23.9 Å². The summed E-state index contributed by atoms with van der Waals surface area (Å²) in [7, 11) is 1.63. The standard InChI is InChI=1S/C28H30N6O3S/c1-36-23-10-6-20(7-11-23)34-30-28(29-31-34)13-9-22(35)19-33-24-4-2-3-5-26(24)38-27-12-8-21(18-25(27)33)32-14-16-37-17-15-32/h2-8,10-12,18,22,35H,9,13-17,19H2,1H3/t22-/m0/s1. The lowest BCUT2D eigenvalue weighted by molar-refractivity contribution is 0.122. The average Bonchev–Trinajstić information content (AvgIpc) is 3.45. The molecule has 10 heteroatoms. The number of aliphatic hydroxyl groups is 1. The van der Waals surface area contributed by atoms with Crippen LogP contribution in [0.2, 0.25) is 0 Å². The van der Waals surface area contributed by atoms with Gasteiger partial charge in [0, 0.05) is 41.5 Å². The minimum Gasteiger partial charge on any atom is -0.497 e. The minimum absolute atomic E-state index is 0.476. The lowest BCUT2D eigenvalue weighted by atomic mass is 10.1. The summed E-state index contributed by atoms with van der Waals surface area (Å²) in [4.78, 5) is 8.49. The maximum Gasteiger partial charge on any atom is 0.175 e. The molecule has 0 amide bonds. The van der Waals surface area contributed by atoms with Crippen molar-refractivity contribution < 1.29 is 14.6 Å². The molecular formula is C28H30N6O3S. The van der Waals surface area contributed by atoms with Gasteiger partial charge in [0.25, 0.3) is 0 Å². The third-order valence-corrected chi connectivity index (χ3v) is 7.97. The van der Waals surface area contributed by atoms with Gasteiger partial charge in [0.05, 0.1) is 43.5 Å². The molecule has 38 heavy (non-hydrogen) atoms. The highest BCUT2D eigenvalue weighted by molar-refractivity contribution is 7.99. The van der Waals surface area contributed by atoms with Crippen LogP contribution in [0.15, 0.2) is 76.5 Å². The molecule has 3 heterocycles. The smallest absolute Gasteiger partial charge is 0.175 e. The molecule has 9 nitrogen and oxygen atoms in total. The zero-order chi connectivity index (χ0) is 25.9. The largest absolute Gasteiger partial charge is 0.497 e. The molecule has 1 atom stereocenters. The fraction of sp³-hybridized carbons (Fsp3) is 0.321. The van der Waals surface area contributed by atoms with Gasteiger partial charge in [-0.15, -0.1) is 15.0 Å². The number of aromatic nitrogens is 4. The number of methoxy groups -OCH3 is 1. The summed E-state index contributed by atoms with van der Waals surface area (Å²) in [6.45, 7) is 3.73. The summed E-state index contributed by atoms with van der Waals surface area (Å²) in [6.07, 6.45) is 0.486. The van der Waals surface area contributed by atoms with Gasteiger partial charge in [0.1, 0.15) is 5.75 Å². The highest BCUT2D eigenvalue weighted by Gasteiger charge is 2.26. The van der Waals surface area contributed by atoms with Crippen LogP contribution < -0.4 is 14.5 Å². The predicted octanol–water partition coefficient (Wildman–Crippen LogP) is 4.10. The maximum atomic E-state index is 11.1. The Morgan fingerprint density at radius 3 is 2.55 bits per heavy atom. The first-order chi connectivity index (χ1) is 18.7. The number of fused-ring (bicyclic) bond motifs is 2. The summed E-state index contributed by atoms with van der Waals surface area (Å²) in [5.74, 6) is 1.37. The monoisotopic (exact) mass is 530 g/mol. The molecule has 1 aromatic heterocycles. The predicted molar refractivity (Wildman–Crippen MR) is 147 cm³/mol. The molecule has 3 aromatic carbocycles. The number of para-hydroxylation sites is 1. The van der Waals surface area contributed by atoms with Crippen molar-refractivity contribution in [2.45, 2.75) is 28.7 Å². The first-order valence-corrected chi connectivity index (χ1v) is 13.6. The number of nitrogens with zero attached hydrogens (tertiary/aromatic N) is 6. The zero-order valence-corrected chi connectivity index (χ0v) is 22.0. The first kappa shape index (κ1) is 24.7. The second-order valence-corrected chi connectivity index (χ2v) is 10.4. The van der Waals surface area contributed by atoms with Crippen LogP contribution in [0.3, 0.4) is 0 Å². The van der Waals surface area contributed by atoms with E-state index in [9.17, 15) is 5.11 Å². The molecule has 0 spiro atoms. The summed E-state index contributed by atoms with van der Waals surface area (Å²) >= 11 is 1.78. The van der Waals surface area contributed by atoms with Crippen LogP contribution in [-0.2, 0) is 11.2 Å². The van der Waals surface area contributed by atoms with E-state index < -0.39 is 6.10 Å². The number of hydrogen-bond donors (Lipinski definition) is 1. The van der Waals surface area contributed by atoms with Gasteiger partial charge >= 0.3 is 0 Å². The van der Waals surface area contributed by atoms with E-state index in [-0.39, 0.29) is 0 Å². The van der Waals surface area contributed by atoms with E-state index in [0.29, 0.717) is 25.2 Å². The molecule has 0 radical (unpaired) electrons. The Labute approximate surface area is 226 Å². The molecule has 1 saturated heterocycles. The molecule has 6 rings (SSSR count). The van der Waals surface area contributed by atoms with Crippen molar-refractivity contribution >= 4 is 28.8 Å². The Kier molecular flexibility index (Phi) is 7.17. The van der Waals surface area contributed by atoms with E-state index in [2.05, 4.69) is 67.7 Å². The molecule has 1 fully saturated rings. The van der Waals surface area contributed by atoms with E-state index in [4.69, 9.17) is 9.47 Å². The second kappa shape index (κ2) is 11.0. The molecule has 0 aliphatic carbocycles. The number of tetrazole rings is 1. The van der Waals surface area contributed by atoms with Gasteiger partial charge in [-0.3, -0.25) is 0 Å². The number of aliphatic hydroxyl groups excluding tert-OH is 1. The van der Waals surface area contributed by atoms with Crippen LogP contribution in [-0.4, -0.2) is 71.4 Å². The number of hydrogen-bond acceptors (Lipinski definition) is 9. The second-order valence-electron chi connectivity index (χ2n) is 9.32. The fourth-order valence-electron chi connectivity index (χ4n) is 4.80. The van der Waals surface area contributed by atoms with Crippen molar-refractivity contribution in [1.29, 1.82) is 0 Å². The topological polar surface area (TPSA) is 88.8 Å². The Bertz CT molecular complexity index is 1390. The van der Waals surface area contributed by atoms with Gasteiger partial charge in [-0.25, -0.2) is 0 Å². The molecule has 1 N–H and O–H groups in total. The summed E-state index contributed by atoms with van der Waals surface area (Å²) in [5, 5.41) is 24.0. The fourth-order valence-corrected chi connectivity index (χ4v) is 5.87. The van der Waals surface area contributed by atoms with E-state index >= 15 is 0 Å². The number of benzene rings is 3. The van der Waals surface area contributed by atoms with E-state index in [1.807, 2.05) is 24.3 Å². The van der Waals surface area contributed by atoms with Crippen LogP contribution >= 0.6 is 11.8 Å². The molecule has 4 aromatic rings. The van der Waals surface area contributed by atoms with Gasteiger partial charge in [0.2, 0.25) is 0 Å². The van der Waals surface area contributed by atoms with Gasteiger partial charge in [0.15, 0.2) is 5.82 Å². The third kappa shape index (κ3) is 5.20. The highest BCUT2D eigenvalue weighted by Crippen LogP contribution is 2.49. The van der Waals surface area contributed by atoms with E-state index in [1.54, 1.807) is 18.9 Å². The van der Waals surface area contributed by atoms with Crippen LogP contribution in [0.25, 0.3) is 5.69 Å². The Morgan fingerprint density at radius 1 is 0.974 bits per heavy atom. The lowest BCUT2D eigenvalue weighted by Crippen LogP contribution is -2.36. The highest BCUT2D eigenvalue weighted by atomic mass is 32.2. The normalized spacial score (nSPS) is 15.6. The molecule has 196 valence electrons. The number of ether oxygens (including phenoxy) is 2. The van der Waals surface area contributed by atoms with Gasteiger partial charge in [-0.05, 0) is 66.2 Å². The molecule has 0 unspecified atom stereocenters. The Hall–Kier alpha value is -3.60. The van der Waals surface area contributed by atoms with Gasteiger partial charge in [-0.2, -0.15) is 0 Å². The van der Waals surface area contributed by atoms with Crippen LogP contribution in [0.4, 0.5) is 17.1 Å². The molecule has 2 aliphatic heterocycles. The Morgan fingerprint density at radius 2 is 1.74 bits per heavy atom. The number of β-amino-alcohol motifs (C(OH)–C–C–N with tert-alkyl or cyclic N) is 1. The number of anilines is 3. The maximum absolute atomic E-state index is 11.1. The quantitative estimate of drug-likeness (QED) is 0.362. The van der Waals surface area contributed by atoms with Crippen molar-refractivity contribution in [2.24, 2.45) is 0 Å². The molecule has 0 bridgehead atoms. The van der Waals surface area contributed by atoms with Crippen LogP contribution in [0.1, 0.15) is 12.2 Å². The molecule has 0 saturated carbocycles. The van der Waals surface area contributed by atoms with E-state index in [0.717, 1.165) is 49.1 Å². The average molecular weight is 531 g/mol. The Balaban J connectivity index is 1.17. The van der Waals surface area contributed by atoms with Crippen molar-refractivity contribution in [2.75, 3.05) is 49.8 Å². The summed E-state index contributed by atoms with van der Waals surface area (Å²) < 4.78 is 10.8. The summed E-state index contributed by atoms with van der Waals surface area (Å²) in [6, 6.07) is 22.5. The van der Waals surface area contributed by atoms with Crippen molar-refractivity contribution in [1.82, 2.24) is 20.2 Å². The van der Waals surface area contributed by atoms with Crippen LogP contribution in [0.5, 0.6) is 5.75 Å². The lowest BCUT2D eigenvalue weighted by Gasteiger charge is -2.36. The van der Waals surface area contributed by atoms with Crippen molar-refractivity contribution in [3.8, 4) is 11.4 Å². The minimum atomic E-state index is -0.570. The molecular weight excluding hydrogens is 500 g/mol. The van der Waals surface area contributed by atoms with E-state index in [1.165, 1.54) is 20.3 Å². The van der Waals surface area contributed by atoms with Gasteiger partial charge < -0.3 is 24.4 Å². The number of rotatable bonds is 8. The zero-order valence-electron chi connectivity index (χ0n) is 21.2. The van der Waals surface area contributed by atoms with Crippen molar-refractivity contribution in [3.05, 3.63) is 72.6 Å². The van der Waals surface area contributed by atoms with Crippen LogP contribution in [0, 0.1) is 0 Å². The molecule has 2 aliphatic rings.